The Hall–Kier alpha value is -1.71. The molecule has 0 bridgehead atoms. The van der Waals surface area contributed by atoms with E-state index in [-0.39, 0.29) is 0 Å². The van der Waals surface area contributed by atoms with Crippen molar-refractivity contribution in [3.63, 3.8) is 0 Å². The number of anilines is 1. The van der Waals surface area contributed by atoms with Crippen LogP contribution in [0.3, 0.4) is 0 Å². The summed E-state index contributed by atoms with van der Waals surface area (Å²) >= 11 is 0. The average molecular weight is 288 g/mol. The lowest BCUT2D eigenvalue weighted by Gasteiger charge is -2.19. The summed E-state index contributed by atoms with van der Waals surface area (Å²) in [6, 6.07) is 10.7. The SMILES string of the molecule is CN=C(NCC(C)C)NCC1CCN(c2ccccc2)C1. The molecule has 1 aliphatic heterocycles. The second-order valence-electron chi connectivity index (χ2n) is 6.16. The second-order valence-corrected chi connectivity index (χ2v) is 6.16. The van der Waals surface area contributed by atoms with Gasteiger partial charge < -0.3 is 15.5 Å². The molecule has 1 heterocycles. The summed E-state index contributed by atoms with van der Waals surface area (Å²) in [5.41, 5.74) is 1.34. The lowest BCUT2D eigenvalue weighted by atomic mass is 10.1. The van der Waals surface area contributed by atoms with Crippen molar-refractivity contribution in [2.45, 2.75) is 20.3 Å². The Morgan fingerprint density at radius 2 is 2.05 bits per heavy atom. The molecule has 1 saturated heterocycles. The van der Waals surface area contributed by atoms with Crippen LogP contribution in [-0.2, 0) is 0 Å². The molecule has 21 heavy (non-hydrogen) atoms. The molecule has 116 valence electrons. The highest BCUT2D eigenvalue weighted by atomic mass is 15.2. The summed E-state index contributed by atoms with van der Waals surface area (Å²) in [7, 11) is 1.83. The highest BCUT2D eigenvalue weighted by Crippen LogP contribution is 2.22. The summed E-state index contributed by atoms with van der Waals surface area (Å²) in [5.74, 6) is 2.23. The first-order valence-corrected chi connectivity index (χ1v) is 7.93. The first kappa shape index (κ1) is 15.7. The molecule has 1 aromatic rings. The van der Waals surface area contributed by atoms with Crippen molar-refractivity contribution in [2.75, 3.05) is 38.1 Å². The predicted molar refractivity (Wildman–Crippen MR) is 91.0 cm³/mol. The van der Waals surface area contributed by atoms with Crippen molar-refractivity contribution in [2.24, 2.45) is 16.8 Å². The fourth-order valence-electron chi connectivity index (χ4n) is 2.64. The zero-order chi connectivity index (χ0) is 15.1. The monoisotopic (exact) mass is 288 g/mol. The third kappa shape index (κ3) is 4.96. The van der Waals surface area contributed by atoms with Gasteiger partial charge in [0.2, 0.25) is 0 Å². The molecule has 0 saturated carbocycles. The Labute approximate surface area is 128 Å². The van der Waals surface area contributed by atoms with Gasteiger partial charge in [-0.05, 0) is 30.4 Å². The van der Waals surface area contributed by atoms with Crippen LogP contribution in [0.15, 0.2) is 35.3 Å². The Morgan fingerprint density at radius 3 is 2.71 bits per heavy atom. The van der Waals surface area contributed by atoms with Crippen LogP contribution in [0.4, 0.5) is 5.69 Å². The maximum absolute atomic E-state index is 4.28. The minimum atomic E-state index is 0.628. The first-order chi connectivity index (χ1) is 10.2. The normalized spacial score (nSPS) is 19.1. The molecule has 0 aromatic heterocycles. The van der Waals surface area contributed by atoms with E-state index in [1.165, 1.54) is 12.1 Å². The zero-order valence-corrected chi connectivity index (χ0v) is 13.5. The van der Waals surface area contributed by atoms with E-state index in [0.717, 1.165) is 32.1 Å². The minimum absolute atomic E-state index is 0.628. The number of nitrogens with zero attached hydrogens (tertiary/aromatic N) is 2. The van der Waals surface area contributed by atoms with Gasteiger partial charge in [0.05, 0.1) is 0 Å². The van der Waals surface area contributed by atoms with Gasteiger partial charge in [0, 0.05) is 38.9 Å². The van der Waals surface area contributed by atoms with Gasteiger partial charge in [-0.15, -0.1) is 0 Å². The molecule has 1 unspecified atom stereocenters. The molecule has 0 amide bonds. The van der Waals surface area contributed by atoms with Crippen molar-refractivity contribution in [3.8, 4) is 0 Å². The maximum Gasteiger partial charge on any atom is 0.190 e. The highest BCUT2D eigenvalue weighted by molar-refractivity contribution is 5.79. The summed E-state index contributed by atoms with van der Waals surface area (Å²) in [4.78, 5) is 6.75. The number of rotatable bonds is 5. The van der Waals surface area contributed by atoms with E-state index in [1.807, 2.05) is 7.05 Å². The largest absolute Gasteiger partial charge is 0.371 e. The smallest absolute Gasteiger partial charge is 0.190 e. The van der Waals surface area contributed by atoms with E-state index in [0.29, 0.717) is 11.8 Å². The molecule has 0 radical (unpaired) electrons. The van der Waals surface area contributed by atoms with Gasteiger partial charge in [-0.2, -0.15) is 0 Å². The van der Waals surface area contributed by atoms with Crippen LogP contribution < -0.4 is 15.5 Å². The van der Waals surface area contributed by atoms with Gasteiger partial charge in [-0.3, -0.25) is 4.99 Å². The number of para-hydroxylation sites is 1. The molecule has 0 spiro atoms. The molecule has 1 aromatic carbocycles. The molecule has 0 aliphatic carbocycles. The molecule has 1 fully saturated rings. The van der Waals surface area contributed by atoms with Gasteiger partial charge >= 0.3 is 0 Å². The van der Waals surface area contributed by atoms with E-state index in [1.54, 1.807) is 0 Å². The number of aliphatic imine (C=N–C) groups is 1. The van der Waals surface area contributed by atoms with E-state index in [4.69, 9.17) is 0 Å². The summed E-state index contributed by atoms with van der Waals surface area (Å²) in [6.07, 6.45) is 1.24. The van der Waals surface area contributed by atoms with Gasteiger partial charge in [-0.25, -0.2) is 0 Å². The number of hydrogen-bond donors (Lipinski definition) is 2. The van der Waals surface area contributed by atoms with E-state index in [9.17, 15) is 0 Å². The predicted octanol–water partition coefficient (Wildman–Crippen LogP) is 2.33. The third-order valence-electron chi connectivity index (χ3n) is 3.87. The van der Waals surface area contributed by atoms with Crippen LogP contribution in [0.5, 0.6) is 0 Å². The van der Waals surface area contributed by atoms with E-state index in [2.05, 4.69) is 64.7 Å². The summed E-state index contributed by atoms with van der Waals surface area (Å²) < 4.78 is 0. The Bertz CT molecular complexity index is 441. The molecule has 2 rings (SSSR count). The summed E-state index contributed by atoms with van der Waals surface area (Å²) in [5, 5.41) is 6.81. The molecule has 4 heteroatoms. The topological polar surface area (TPSA) is 39.7 Å². The fourth-order valence-corrected chi connectivity index (χ4v) is 2.64. The standard InChI is InChI=1S/C17H28N4/c1-14(2)11-19-17(18-3)20-12-15-9-10-21(13-15)16-7-5-4-6-8-16/h4-8,14-15H,9-13H2,1-3H3,(H2,18,19,20). The molecular weight excluding hydrogens is 260 g/mol. The molecule has 1 atom stereocenters. The highest BCUT2D eigenvalue weighted by Gasteiger charge is 2.22. The van der Waals surface area contributed by atoms with Crippen LogP contribution >= 0.6 is 0 Å². The van der Waals surface area contributed by atoms with Crippen LogP contribution in [0.2, 0.25) is 0 Å². The molecule has 1 aliphatic rings. The van der Waals surface area contributed by atoms with Crippen molar-refractivity contribution in [1.82, 2.24) is 10.6 Å². The minimum Gasteiger partial charge on any atom is -0.371 e. The third-order valence-corrected chi connectivity index (χ3v) is 3.87. The summed E-state index contributed by atoms with van der Waals surface area (Å²) in [6.45, 7) is 8.62. The molecule has 2 N–H and O–H groups in total. The van der Waals surface area contributed by atoms with E-state index < -0.39 is 0 Å². The Morgan fingerprint density at radius 1 is 1.29 bits per heavy atom. The first-order valence-electron chi connectivity index (χ1n) is 7.93. The van der Waals surface area contributed by atoms with E-state index >= 15 is 0 Å². The van der Waals surface area contributed by atoms with Crippen molar-refractivity contribution in [1.29, 1.82) is 0 Å². The van der Waals surface area contributed by atoms with Crippen molar-refractivity contribution in [3.05, 3.63) is 30.3 Å². The van der Waals surface area contributed by atoms with Crippen LogP contribution in [0.25, 0.3) is 0 Å². The number of guanidine groups is 1. The van der Waals surface area contributed by atoms with Gasteiger partial charge in [0.25, 0.3) is 0 Å². The number of benzene rings is 1. The Kier molecular flexibility index (Phi) is 5.90. The van der Waals surface area contributed by atoms with Crippen molar-refractivity contribution < 1.29 is 0 Å². The number of nitrogens with one attached hydrogen (secondary N) is 2. The lowest BCUT2D eigenvalue weighted by molar-refractivity contribution is 0.557. The average Bonchev–Trinajstić information content (AvgIpc) is 2.97. The lowest BCUT2D eigenvalue weighted by Crippen LogP contribution is -2.41. The zero-order valence-electron chi connectivity index (χ0n) is 13.5. The second kappa shape index (κ2) is 7.91. The van der Waals surface area contributed by atoms with Crippen LogP contribution in [-0.4, -0.2) is 39.2 Å². The van der Waals surface area contributed by atoms with Crippen LogP contribution in [0.1, 0.15) is 20.3 Å². The fraction of sp³-hybridized carbons (Fsp3) is 0.588. The van der Waals surface area contributed by atoms with Gasteiger partial charge in [-0.1, -0.05) is 32.0 Å². The molecular formula is C17H28N4. The van der Waals surface area contributed by atoms with Gasteiger partial charge in [0.15, 0.2) is 5.96 Å². The quantitative estimate of drug-likeness (QED) is 0.645. The molecule has 4 nitrogen and oxygen atoms in total. The Balaban J connectivity index is 1.75. The van der Waals surface area contributed by atoms with Gasteiger partial charge in [0.1, 0.15) is 0 Å². The maximum atomic E-state index is 4.28. The van der Waals surface area contributed by atoms with Crippen LogP contribution in [0, 0.1) is 11.8 Å². The number of hydrogen-bond acceptors (Lipinski definition) is 2. The van der Waals surface area contributed by atoms with Crippen molar-refractivity contribution >= 4 is 11.6 Å².